The number of piperidine rings is 1. The molecule has 2 atom stereocenters. The number of carbonyl (C=O) groups is 1. The van der Waals surface area contributed by atoms with Gasteiger partial charge < -0.3 is 14.9 Å². The normalized spacial score (nSPS) is 27.0. The molecule has 3 aliphatic rings. The van der Waals surface area contributed by atoms with Crippen LogP contribution in [0.15, 0.2) is 6.07 Å². The number of aliphatic carboxylic acids is 1. The van der Waals surface area contributed by atoms with Gasteiger partial charge >= 0.3 is 5.97 Å². The lowest BCUT2D eigenvalue weighted by Crippen LogP contribution is -2.56. The molecule has 0 spiro atoms. The Labute approximate surface area is 174 Å². The van der Waals surface area contributed by atoms with Crippen LogP contribution >= 0.6 is 0 Å². The molecular formula is C22H35N5O2. The molecule has 0 amide bonds. The van der Waals surface area contributed by atoms with E-state index in [0.29, 0.717) is 17.9 Å². The van der Waals surface area contributed by atoms with Crippen LogP contribution in [-0.4, -0.2) is 83.2 Å². The average Bonchev–Trinajstić information content (AvgIpc) is 2.65. The van der Waals surface area contributed by atoms with Gasteiger partial charge in [-0.25, -0.2) is 9.97 Å². The van der Waals surface area contributed by atoms with E-state index in [2.05, 4.69) is 34.7 Å². The first-order chi connectivity index (χ1) is 14.0. The molecule has 1 aliphatic carbocycles. The largest absolute Gasteiger partial charge is 0.481 e. The van der Waals surface area contributed by atoms with Crippen molar-refractivity contribution in [1.29, 1.82) is 0 Å². The van der Waals surface area contributed by atoms with Crippen LogP contribution < -0.4 is 4.90 Å². The van der Waals surface area contributed by atoms with Gasteiger partial charge in [-0.2, -0.15) is 0 Å². The number of carboxylic acid groups (broad SMARTS) is 1. The van der Waals surface area contributed by atoms with Gasteiger partial charge in [0.15, 0.2) is 0 Å². The first-order valence-electron chi connectivity index (χ1n) is 11.2. The molecule has 0 aromatic carbocycles. The van der Waals surface area contributed by atoms with Crippen molar-refractivity contribution in [1.82, 2.24) is 19.8 Å². The molecular weight excluding hydrogens is 366 g/mol. The number of hydrogen-bond donors (Lipinski definition) is 1. The molecule has 7 heteroatoms. The van der Waals surface area contributed by atoms with Gasteiger partial charge in [-0.3, -0.25) is 9.69 Å². The molecule has 3 fully saturated rings. The third-order valence-corrected chi connectivity index (χ3v) is 7.10. The number of aryl methyl sites for hydroxylation is 1. The molecule has 7 nitrogen and oxygen atoms in total. The number of piperazine rings is 1. The Morgan fingerprint density at radius 1 is 1.14 bits per heavy atom. The van der Waals surface area contributed by atoms with E-state index in [9.17, 15) is 9.90 Å². The zero-order chi connectivity index (χ0) is 20.4. The van der Waals surface area contributed by atoms with Gasteiger partial charge in [-0.15, -0.1) is 0 Å². The lowest BCUT2D eigenvalue weighted by atomic mass is 9.82. The molecule has 0 bridgehead atoms. The third-order valence-electron chi connectivity index (χ3n) is 7.10. The Bertz CT molecular complexity index is 715. The highest BCUT2D eigenvalue weighted by atomic mass is 16.4. The topological polar surface area (TPSA) is 72.8 Å². The second-order valence-electron chi connectivity index (χ2n) is 9.20. The summed E-state index contributed by atoms with van der Waals surface area (Å²) in [5.74, 6) is 1.10. The number of aromatic nitrogens is 2. The van der Waals surface area contributed by atoms with E-state index >= 15 is 0 Å². The number of likely N-dealkylation sites (N-methyl/N-ethyl adjacent to an activating group) is 1. The van der Waals surface area contributed by atoms with Crippen molar-refractivity contribution in [2.45, 2.75) is 57.4 Å². The second-order valence-corrected chi connectivity index (χ2v) is 9.20. The SMILES string of the molecule is Cc1cc(C2CCC2)nc(N2CC[C@@H](N3CCN(C)CC3)[C@@H](CCC(=O)O)C2)n1. The maximum Gasteiger partial charge on any atom is 0.303 e. The molecule has 0 radical (unpaired) electrons. The summed E-state index contributed by atoms with van der Waals surface area (Å²) in [5, 5.41) is 9.27. The minimum absolute atomic E-state index is 0.241. The molecule has 4 rings (SSSR count). The lowest BCUT2D eigenvalue weighted by molar-refractivity contribution is -0.137. The average molecular weight is 402 g/mol. The number of carboxylic acids is 1. The molecule has 160 valence electrons. The lowest BCUT2D eigenvalue weighted by Gasteiger charge is -2.46. The molecule has 0 unspecified atom stereocenters. The predicted octanol–water partition coefficient (Wildman–Crippen LogP) is 2.36. The van der Waals surface area contributed by atoms with Crippen LogP contribution in [0.3, 0.4) is 0 Å². The highest BCUT2D eigenvalue weighted by Gasteiger charge is 2.35. The summed E-state index contributed by atoms with van der Waals surface area (Å²) >= 11 is 0. The molecule has 2 saturated heterocycles. The highest BCUT2D eigenvalue weighted by molar-refractivity contribution is 5.66. The second kappa shape index (κ2) is 8.96. The fourth-order valence-corrected chi connectivity index (χ4v) is 5.06. The van der Waals surface area contributed by atoms with Crippen molar-refractivity contribution < 1.29 is 9.90 Å². The number of hydrogen-bond acceptors (Lipinski definition) is 6. The van der Waals surface area contributed by atoms with E-state index in [-0.39, 0.29) is 6.42 Å². The van der Waals surface area contributed by atoms with E-state index in [1.54, 1.807) is 0 Å². The van der Waals surface area contributed by atoms with Gasteiger partial charge in [0.1, 0.15) is 0 Å². The van der Waals surface area contributed by atoms with Crippen molar-refractivity contribution in [2.75, 3.05) is 51.2 Å². The molecule has 29 heavy (non-hydrogen) atoms. The maximum atomic E-state index is 11.3. The van der Waals surface area contributed by atoms with E-state index in [1.165, 1.54) is 25.0 Å². The fraction of sp³-hybridized carbons (Fsp3) is 0.773. The smallest absolute Gasteiger partial charge is 0.303 e. The van der Waals surface area contributed by atoms with Crippen LogP contribution in [0.5, 0.6) is 0 Å². The molecule has 1 saturated carbocycles. The Hall–Kier alpha value is -1.73. The zero-order valence-electron chi connectivity index (χ0n) is 17.9. The summed E-state index contributed by atoms with van der Waals surface area (Å²) in [4.78, 5) is 28.2. The summed E-state index contributed by atoms with van der Waals surface area (Å²) in [6.45, 7) is 8.22. The van der Waals surface area contributed by atoms with Gasteiger partial charge in [-0.1, -0.05) is 6.42 Å². The van der Waals surface area contributed by atoms with Gasteiger partial charge in [-0.05, 0) is 51.6 Å². The van der Waals surface area contributed by atoms with Crippen LogP contribution in [0, 0.1) is 12.8 Å². The summed E-state index contributed by atoms with van der Waals surface area (Å²) < 4.78 is 0. The quantitative estimate of drug-likeness (QED) is 0.784. The summed E-state index contributed by atoms with van der Waals surface area (Å²) in [6, 6.07) is 2.61. The van der Waals surface area contributed by atoms with Gasteiger partial charge in [0.05, 0.1) is 0 Å². The Morgan fingerprint density at radius 2 is 1.90 bits per heavy atom. The summed E-state index contributed by atoms with van der Waals surface area (Å²) in [6.07, 6.45) is 5.81. The highest BCUT2D eigenvalue weighted by Crippen LogP contribution is 2.36. The minimum Gasteiger partial charge on any atom is -0.481 e. The van der Waals surface area contributed by atoms with Crippen LogP contribution in [0.1, 0.15) is 55.8 Å². The zero-order valence-corrected chi connectivity index (χ0v) is 17.9. The maximum absolute atomic E-state index is 11.3. The molecule has 1 aromatic rings. The molecule has 2 aliphatic heterocycles. The minimum atomic E-state index is -0.696. The van der Waals surface area contributed by atoms with Crippen molar-refractivity contribution >= 4 is 11.9 Å². The van der Waals surface area contributed by atoms with Crippen molar-refractivity contribution in [3.05, 3.63) is 17.5 Å². The van der Waals surface area contributed by atoms with Gasteiger partial charge in [0.2, 0.25) is 5.95 Å². The van der Waals surface area contributed by atoms with Crippen molar-refractivity contribution in [3.8, 4) is 0 Å². The fourth-order valence-electron chi connectivity index (χ4n) is 5.06. The third kappa shape index (κ3) is 4.89. The Morgan fingerprint density at radius 3 is 2.55 bits per heavy atom. The van der Waals surface area contributed by atoms with Crippen LogP contribution in [0.25, 0.3) is 0 Å². The summed E-state index contributed by atoms with van der Waals surface area (Å²) in [7, 11) is 2.18. The van der Waals surface area contributed by atoms with E-state index in [1.807, 2.05) is 0 Å². The summed E-state index contributed by atoms with van der Waals surface area (Å²) in [5.41, 5.74) is 2.24. The first kappa shape index (κ1) is 20.5. The monoisotopic (exact) mass is 401 g/mol. The van der Waals surface area contributed by atoms with E-state index < -0.39 is 5.97 Å². The van der Waals surface area contributed by atoms with E-state index in [0.717, 1.165) is 63.8 Å². The van der Waals surface area contributed by atoms with Crippen LogP contribution in [-0.2, 0) is 4.79 Å². The predicted molar refractivity (Wildman–Crippen MR) is 113 cm³/mol. The standard InChI is InChI=1S/C22H35N5O2/c1-16-14-19(17-4-3-5-17)24-22(23-16)27-9-8-20(18(15-27)6-7-21(28)29)26-12-10-25(2)11-13-26/h14,17-18,20H,3-13,15H2,1-2H3,(H,28,29)/t18-,20+/m0/s1. The molecule has 1 aromatic heterocycles. The van der Waals surface area contributed by atoms with Crippen LogP contribution in [0.4, 0.5) is 5.95 Å². The van der Waals surface area contributed by atoms with Crippen molar-refractivity contribution in [3.63, 3.8) is 0 Å². The Balaban J connectivity index is 1.49. The molecule has 1 N–H and O–H groups in total. The van der Waals surface area contributed by atoms with Gasteiger partial charge in [0, 0.05) is 69.0 Å². The first-order valence-corrected chi connectivity index (χ1v) is 11.2. The number of nitrogens with zero attached hydrogens (tertiary/aromatic N) is 5. The van der Waals surface area contributed by atoms with Crippen LogP contribution in [0.2, 0.25) is 0 Å². The van der Waals surface area contributed by atoms with Gasteiger partial charge in [0.25, 0.3) is 0 Å². The molecule has 3 heterocycles. The van der Waals surface area contributed by atoms with E-state index in [4.69, 9.17) is 9.97 Å². The van der Waals surface area contributed by atoms with Crippen molar-refractivity contribution in [2.24, 2.45) is 5.92 Å². The Kier molecular flexibility index (Phi) is 6.35. The number of rotatable bonds is 6. The number of anilines is 1.